The monoisotopic (exact) mass is 341 g/mol. The Labute approximate surface area is 123 Å². The number of carbonyl (C=O) groups is 2. The van der Waals surface area contributed by atoms with E-state index in [4.69, 9.17) is 0 Å². The molecule has 0 atom stereocenters. The van der Waals surface area contributed by atoms with Gasteiger partial charge in [0.15, 0.2) is 0 Å². The summed E-state index contributed by atoms with van der Waals surface area (Å²) >= 11 is 3.21. The normalized spacial score (nSPS) is 15.4. The summed E-state index contributed by atoms with van der Waals surface area (Å²) in [4.78, 5) is 37.1. The summed E-state index contributed by atoms with van der Waals surface area (Å²) < 4.78 is 0.472. The summed E-state index contributed by atoms with van der Waals surface area (Å²) in [5.41, 5.74) is 0.0357. The molecule has 8 heteroatoms. The largest absolute Gasteiger partial charge is 0.342 e. The molecule has 7 nitrogen and oxygen atoms in total. The van der Waals surface area contributed by atoms with Gasteiger partial charge in [-0.2, -0.15) is 0 Å². The molecule has 0 spiro atoms. The molecule has 0 N–H and O–H groups in total. The highest BCUT2D eigenvalue weighted by molar-refractivity contribution is 9.10. The summed E-state index contributed by atoms with van der Waals surface area (Å²) in [5.74, 6) is -0.534. The lowest BCUT2D eigenvalue weighted by atomic mass is 10.1. The van der Waals surface area contributed by atoms with Gasteiger partial charge >= 0.3 is 0 Å². The van der Waals surface area contributed by atoms with Crippen molar-refractivity contribution in [2.75, 3.05) is 26.7 Å². The topological polar surface area (TPSA) is 83.8 Å². The van der Waals surface area contributed by atoms with Crippen LogP contribution < -0.4 is 0 Å². The van der Waals surface area contributed by atoms with Crippen LogP contribution in [0, 0.1) is 10.1 Å². The molecule has 2 rings (SSSR count). The van der Waals surface area contributed by atoms with Gasteiger partial charge in [0.2, 0.25) is 5.91 Å². The molecule has 0 unspecified atom stereocenters. The number of halogens is 1. The first kappa shape index (κ1) is 14.4. The van der Waals surface area contributed by atoms with Gasteiger partial charge < -0.3 is 9.80 Å². The number of hydrogen-bond donors (Lipinski definition) is 0. The maximum Gasteiger partial charge on any atom is 0.270 e. The van der Waals surface area contributed by atoms with Crippen LogP contribution in [0.4, 0.5) is 5.69 Å². The summed E-state index contributed by atoms with van der Waals surface area (Å²) in [6.45, 7) is 0.859. The molecular formula is C12H12BrN3O4. The Kier molecular flexibility index (Phi) is 4.03. The first-order valence-corrected chi connectivity index (χ1v) is 6.66. The number of rotatable bonds is 2. The molecule has 1 aromatic carbocycles. The van der Waals surface area contributed by atoms with Gasteiger partial charge in [-0.3, -0.25) is 19.7 Å². The Balaban J connectivity index is 2.27. The Morgan fingerprint density at radius 1 is 1.40 bits per heavy atom. The number of nitrogens with zero attached hydrogens (tertiary/aromatic N) is 3. The van der Waals surface area contributed by atoms with Crippen molar-refractivity contribution in [2.24, 2.45) is 0 Å². The fourth-order valence-electron chi connectivity index (χ4n) is 1.89. The number of amides is 2. The average Bonchev–Trinajstić information content (AvgIpc) is 2.41. The van der Waals surface area contributed by atoms with Crippen molar-refractivity contribution in [3.63, 3.8) is 0 Å². The van der Waals surface area contributed by atoms with Crippen molar-refractivity contribution < 1.29 is 14.5 Å². The number of nitro benzene ring substituents is 1. The highest BCUT2D eigenvalue weighted by Gasteiger charge is 2.27. The lowest BCUT2D eigenvalue weighted by Crippen LogP contribution is -2.50. The van der Waals surface area contributed by atoms with Crippen LogP contribution in [0.1, 0.15) is 10.4 Å². The molecule has 1 aliphatic rings. The van der Waals surface area contributed by atoms with E-state index in [0.717, 1.165) is 0 Å². The van der Waals surface area contributed by atoms with Gasteiger partial charge in [0.25, 0.3) is 11.6 Å². The summed E-state index contributed by atoms with van der Waals surface area (Å²) in [6.07, 6.45) is 0. The van der Waals surface area contributed by atoms with Gasteiger partial charge in [0.1, 0.15) is 6.54 Å². The Morgan fingerprint density at radius 2 is 2.10 bits per heavy atom. The number of benzene rings is 1. The van der Waals surface area contributed by atoms with E-state index in [1.807, 2.05) is 0 Å². The summed E-state index contributed by atoms with van der Waals surface area (Å²) in [6, 6.07) is 3.99. The van der Waals surface area contributed by atoms with Gasteiger partial charge in [-0.25, -0.2) is 0 Å². The van der Waals surface area contributed by atoms with E-state index >= 15 is 0 Å². The number of carbonyl (C=O) groups excluding carboxylic acids is 2. The lowest BCUT2D eigenvalue weighted by Gasteiger charge is -2.32. The van der Waals surface area contributed by atoms with Crippen LogP contribution in [0.3, 0.4) is 0 Å². The Morgan fingerprint density at radius 3 is 2.70 bits per heavy atom. The summed E-state index contributed by atoms with van der Waals surface area (Å²) in [5, 5.41) is 10.8. The average molecular weight is 342 g/mol. The number of nitro groups is 1. The van der Waals surface area contributed by atoms with E-state index in [2.05, 4.69) is 15.9 Å². The predicted octanol–water partition coefficient (Wildman–Crippen LogP) is 1.27. The van der Waals surface area contributed by atoms with Crippen molar-refractivity contribution in [1.82, 2.24) is 9.80 Å². The standard InChI is InChI=1S/C12H12BrN3O4/c1-14-4-5-15(7-11(14)17)12(18)9-6-8(16(19)20)2-3-10(9)13/h2-3,6H,4-5,7H2,1H3. The summed E-state index contributed by atoms with van der Waals surface area (Å²) in [7, 11) is 1.67. The molecule has 0 aromatic heterocycles. The zero-order chi connectivity index (χ0) is 14.9. The minimum Gasteiger partial charge on any atom is -0.342 e. The van der Waals surface area contributed by atoms with Crippen LogP contribution in [0.15, 0.2) is 22.7 Å². The quantitative estimate of drug-likeness (QED) is 0.599. The van der Waals surface area contributed by atoms with Crippen LogP contribution >= 0.6 is 15.9 Å². The second-order valence-electron chi connectivity index (χ2n) is 4.46. The van der Waals surface area contributed by atoms with Gasteiger partial charge in [0, 0.05) is 36.7 Å². The molecule has 0 radical (unpaired) electrons. The second-order valence-corrected chi connectivity index (χ2v) is 5.32. The zero-order valence-electron chi connectivity index (χ0n) is 10.7. The third-order valence-electron chi connectivity index (χ3n) is 3.14. The molecule has 0 saturated carbocycles. The third-order valence-corrected chi connectivity index (χ3v) is 3.83. The van der Waals surface area contributed by atoms with Crippen molar-refractivity contribution >= 4 is 33.4 Å². The highest BCUT2D eigenvalue weighted by atomic mass is 79.9. The van der Waals surface area contributed by atoms with Crippen molar-refractivity contribution in [3.05, 3.63) is 38.3 Å². The predicted molar refractivity (Wildman–Crippen MR) is 74.3 cm³/mol. The second kappa shape index (κ2) is 5.58. The number of hydrogen-bond acceptors (Lipinski definition) is 4. The minimum absolute atomic E-state index is 0.00946. The van der Waals surface area contributed by atoms with Crippen LogP contribution in [-0.4, -0.2) is 53.2 Å². The number of piperazine rings is 1. The maximum atomic E-state index is 12.4. The van der Waals surface area contributed by atoms with Gasteiger partial charge in [-0.1, -0.05) is 0 Å². The van der Waals surface area contributed by atoms with Crippen molar-refractivity contribution in [1.29, 1.82) is 0 Å². The minimum atomic E-state index is -0.557. The molecule has 0 bridgehead atoms. The maximum absolute atomic E-state index is 12.4. The van der Waals surface area contributed by atoms with Gasteiger partial charge in [-0.15, -0.1) is 0 Å². The molecule has 1 heterocycles. The molecule has 1 fully saturated rings. The fourth-order valence-corrected chi connectivity index (χ4v) is 2.31. The zero-order valence-corrected chi connectivity index (χ0v) is 12.3. The van der Waals surface area contributed by atoms with Crippen molar-refractivity contribution in [3.8, 4) is 0 Å². The molecule has 106 valence electrons. The SMILES string of the molecule is CN1CCN(C(=O)c2cc([N+](=O)[O-])ccc2Br)CC1=O. The van der Waals surface area contributed by atoms with Crippen LogP contribution in [0.2, 0.25) is 0 Å². The van der Waals surface area contributed by atoms with E-state index in [9.17, 15) is 19.7 Å². The first-order chi connectivity index (χ1) is 9.40. The van der Waals surface area contributed by atoms with E-state index in [0.29, 0.717) is 17.6 Å². The molecular weight excluding hydrogens is 330 g/mol. The lowest BCUT2D eigenvalue weighted by molar-refractivity contribution is -0.384. The Bertz CT molecular complexity index is 590. The smallest absolute Gasteiger partial charge is 0.270 e. The van der Waals surface area contributed by atoms with Gasteiger partial charge in [-0.05, 0) is 22.0 Å². The van der Waals surface area contributed by atoms with Crippen molar-refractivity contribution in [2.45, 2.75) is 0 Å². The van der Waals surface area contributed by atoms with E-state index in [1.54, 1.807) is 11.9 Å². The number of likely N-dealkylation sites (N-methyl/N-ethyl adjacent to an activating group) is 1. The molecule has 2 amide bonds. The number of non-ortho nitro benzene ring substituents is 1. The van der Waals surface area contributed by atoms with Crippen LogP contribution in [-0.2, 0) is 4.79 Å². The van der Waals surface area contributed by atoms with E-state index < -0.39 is 4.92 Å². The third kappa shape index (κ3) is 2.79. The molecule has 0 aliphatic carbocycles. The molecule has 1 aromatic rings. The molecule has 1 aliphatic heterocycles. The van der Waals surface area contributed by atoms with Gasteiger partial charge in [0.05, 0.1) is 10.5 Å². The van der Waals surface area contributed by atoms with Crippen LogP contribution in [0.5, 0.6) is 0 Å². The Hall–Kier alpha value is -1.96. The fraction of sp³-hybridized carbons (Fsp3) is 0.333. The highest BCUT2D eigenvalue weighted by Crippen LogP contribution is 2.24. The van der Waals surface area contributed by atoms with E-state index in [-0.39, 0.29) is 29.6 Å². The first-order valence-electron chi connectivity index (χ1n) is 5.87. The van der Waals surface area contributed by atoms with Crippen LogP contribution in [0.25, 0.3) is 0 Å². The van der Waals surface area contributed by atoms with E-state index in [1.165, 1.54) is 23.1 Å². The molecule has 20 heavy (non-hydrogen) atoms. The molecule has 1 saturated heterocycles.